The van der Waals surface area contributed by atoms with Crippen LogP contribution in [0.1, 0.15) is 63.5 Å². The first kappa shape index (κ1) is 17.5. The van der Waals surface area contributed by atoms with Crippen LogP contribution in [0.3, 0.4) is 0 Å². The molecule has 2 unspecified atom stereocenters. The lowest BCUT2D eigenvalue weighted by molar-refractivity contribution is -0.139. The lowest BCUT2D eigenvalue weighted by Gasteiger charge is -2.26. The van der Waals surface area contributed by atoms with E-state index in [1.165, 1.54) is 11.1 Å². The normalized spacial score (nSPS) is 19.9. The van der Waals surface area contributed by atoms with Crippen molar-refractivity contribution in [3.8, 4) is 0 Å². The molecule has 1 fully saturated rings. The van der Waals surface area contributed by atoms with Gasteiger partial charge in [-0.15, -0.1) is 0 Å². The Kier molecular flexibility index (Phi) is 5.45. The summed E-state index contributed by atoms with van der Waals surface area (Å²) in [6.07, 6.45) is 0.876. The Balaban J connectivity index is 2.00. The van der Waals surface area contributed by atoms with E-state index in [-0.39, 0.29) is 30.2 Å². The molecule has 23 heavy (non-hydrogen) atoms. The van der Waals surface area contributed by atoms with E-state index in [0.29, 0.717) is 12.5 Å². The number of carboxylic acid groups (broad SMARTS) is 1. The van der Waals surface area contributed by atoms with E-state index < -0.39 is 5.97 Å². The topological polar surface area (TPSA) is 57.6 Å². The molecule has 4 heteroatoms. The molecular weight excluding hydrogens is 290 g/mol. The van der Waals surface area contributed by atoms with Gasteiger partial charge < -0.3 is 10.0 Å². The third-order valence-corrected chi connectivity index (χ3v) is 4.61. The Morgan fingerprint density at radius 2 is 1.78 bits per heavy atom. The van der Waals surface area contributed by atoms with Crippen LogP contribution in [-0.2, 0) is 9.59 Å². The monoisotopic (exact) mass is 317 g/mol. The molecule has 1 aromatic carbocycles. The average Bonchev–Trinajstić information content (AvgIpc) is 3.27. The highest BCUT2D eigenvalue weighted by atomic mass is 16.4. The van der Waals surface area contributed by atoms with Crippen molar-refractivity contribution in [2.24, 2.45) is 5.92 Å². The summed E-state index contributed by atoms with van der Waals surface area (Å²) >= 11 is 0. The number of benzene rings is 1. The number of amides is 1. The number of nitrogens with zero attached hydrogens (tertiary/aromatic N) is 1. The molecule has 0 heterocycles. The van der Waals surface area contributed by atoms with Crippen LogP contribution >= 0.6 is 0 Å². The van der Waals surface area contributed by atoms with Gasteiger partial charge >= 0.3 is 5.97 Å². The zero-order valence-corrected chi connectivity index (χ0v) is 14.5. The van der Waals surface area contributed by atoms with Gasteiger partial charge in [0.15, 0.2) is 0 Å². The van der Waals surface area contributed by atoms with Crippen molar-refractivity contribution in [1.29, 1.82) is 0 Å². The molecule has 0 saturated heterocycles. The molecule has 0 bridgehead atoms. The van der Waals surface area contributed by atoms with E-state index in [1.807, 2.05) is 13.8 Å². The second-order valence-corrected chi connectivity index (χ2v) is 7.04. The summed E-state index contributed by atoms with van der Waals surface area (Å²) in [6, 6.07) is 8.58. The second-order valence-electron chi connectivity index (χ2n) is 7.04. The third kappa shape index (κ3) is 4.34. The number of carbonyl (C=O) groups excluding carboxylic acids is 1. The van der Waals surface area contributed by atoms with Gasteiger partial charge in [0.2, 0.25) is 5.91 Å². The zero-order chi connectivity index (χ0) is 17.1. The minimum absolute atomic E-state index is 0.00436. The summed E-state index contributed by atoms with van der Waals surface area (Å²) < 4.78 is 0. The molecule has 1 aliphatic rings. The Hall–Kier alpha value is -1.84. The summed E-state index contributed by atoms with van der Waals surface area (Å²) in [5.41, 5.74) is 2.53. The van der Waals surface area contributed by atoms with Crippen LogP contribution < -0.4 is 0 Å². The lowest BCUT2D eigenvalue weighted by Crippen LogP contribution is -2.39. The highest BCUT2D eigenvalue weighted by Crippen LogP contribution is 2.48. The van der Waals surface area contributed by atoms with Gasteiger partial charge in [-0.1, -0.05) is 38.1 Å². The first-order valence-corrected chi connectivity index (χ1v) is 8.43. The quantitative estimate of drug-likeness (QED) is 0.835. The Bertz CT molecular complexity index is 562. The summed E-state index contributed by atoms with van der Waals surface area (Å²) in [7, 11) is 0. The standard InChI is InChI=1S/C19H27NO3/c1-12(2)14-5-7-15(8-6-14)16-11-17(16)19(23)20(13(3)4)10-9-18(21)22/h5-8,12-13,16-17H,9-11H2,1-4H3,(H,21,22). The predicted octanol–water partition coefficient (Wildman–Crippen LogP) is 3.63. The van der Waals surface area contributed by atoms with Crippen LogP contribution in [0.15, 0.2) is 24.3 Å². The smallest absolute Gasteiger partial charge is 0.305 e. The molecule has 0 radical (unpaired) electrons. The highest BCUT2D eigenvalue weighted by Gasteiger charge is 2.46. The van der Waals surface area contributed by atoms with Crippen LogP contribution in [0.2, 0.25) is 0 Å². The van der Waals surface area contributed by atoms with Crippen molar-refractivity contribution in [2.75, 3.05) is 6.54 Å². The third-order valence-electron chi connectivity index (χ3n) is 4.61. The van der Waals surface area contributed by atoms with Crippen molar-refractivity contribution in [3.63, 3.8) is 0 Å². The van der Waals surface area contributed by atoms with Crippen LogP contribution in [0.4, 0.5) is 0 Å². The fourth-order valence-electron chi connectivity index (χ4n) is 3.02. The molecule has 4 nitrogen and oxygen atoms in total. The van der Waals surface area contributed by atoms with Crippen LogP contribution in [0, 0.1) is 5.92 Å². The number of carbonyl (C=O) groups is 2. The molecule has 0 aromatic heterocycles. The average molecular weight is 317 g/mol. The van der Waals surface area contributed by atoms with E-state index in [2.05, 4.69) is 38.1 Å². The van der Waals surface area contributed by atoms with Crippen LogP contribution in [0.5, 0.6) is 0 Å². The van der Waals surface area contributed by atoms with Crippen molar-refractivity contribution in [2.45, 2.75) is 58.4 Å². The van der Waals surface area contributed by atoms with Gasteiger partial charge in [0, 0.05) is 18.5 Å². The van der Waals surface area contributed by atoms with Gasteiger partial charge in [-0.3, -0.25) is 9.59 Å². The fourth-order valence-corrected chi connectivity index (χ4v) is 3.02. The van der Waals surface area contributed by atoms with E-state index in [1.54, 1.807) is 4.90 Å². The van der Waals surface area contributed by atoms with Crippen molar-refractivity contribution in [3.05, 3.63) is 35.4 Å². The van der Waals surface area contributed by atoms with E-state index in [4.69, 9.17) is 5.11 Å². The minimum Gasteiger partial charge on any atom is -0.481 e. The Morgan fingerprint density at radius 1 is 1.17 bits per heavy atom. The number of hydrogen-bond donors (Lipinski definition) is 1. The zero-order valence-electron chi connectivity index (χ0n) is 14.5. The molecule has 2 rings (SSSR count). The molecule has 1 aliphatic carbocycles. The highest BCUT2D eigenvalue weighted by molar-refractivity contribution is 5.83. The fraction of sp³-hybridized carbons (Fsp3) is 0.579. The van der Waals surface area contributed by atoms with Crippen molar-refractivity contribution < 1.29 is 14.7 Å². The molecule has 1 amide bonds. The maximum absolute atomic E-state index is 12.7. The molecule has 1 N–H and O–H groups in total. The van der Waals surface area contributed by atoms with Gasteiger partial charge in [-0.05, 0) is 43.2 Å². The largest absolute Gasteiger partial charge is 0.481 e. The van der Waals surface area contributed by atoms with Gasteiger partial charge in [0.25, 0.3) is 0 Å². The van der Waals surface area contributed by atoms with Crippen molar-refractivity contribution in [1.82, 2.24) is 4.90 Å². The van der Waals surface area contributed by atoms with Crippen LogP contribution in [-0.4, -0.2) is 34.5 Å². The van der Waals surface area contributed by atoms with Crippen molar-refractivity contribution >= 4 is 11.9 Å². The molecule has 0 aliphatic heterocycles. The van der Waals surface area contributed by atoms with Gasteiger partial charge in [-0.2, -0.15) is 0 Å². The molecular formula is C19H27NO3. The summed E-state index contributed by atoms with van der Waals surface area (Å²) in [5, 5.41) is 8.84. The number of hydrogen-bond acceptors (Lipinski definition) is 2. The number of rotatable bonds is 7. The summed E-state index contributed by atoms with van der Waals surface area (Å²) in [4.78, 5) is 25.1. The molecule has 1 aromatic rings. The van der Waals surface area contributed by atoms with E-state index >= 15 is 0 Å². The first-order chi connectivity index (χ1) is 10.8. The molecule has 1 saturated carbocycles. The van der Waals surface area contributed by atoms with Gasteiger partial charge in [-0.25, -0.2) is 0 Å². The SMILES string of the molecule is CC(C)c1ccc(C2CC2C(=O)N(CCC(=O)O)C(C)C)cc1. The van der Waals surface area contributed by atoms with Gasteiger partial charge in [0.1, 0.15) is 0 Å². The Morgan fingerprint density at radius 3 is 2.26 bits per heavy atom. The summed E-state index contributed by atoms with van der Waals surface area (Å²) in [6.45, 7) is 8.51. The number of aliphatic carboxylic acids is 1. The van der Waals surface area contributed by atoms with Crippen LogP contribution in [0.25, 0.3) is 0 Å². The van der Waals surface area contributed by atoms with E-state index in [9.17, 15) is 9.59 Å². The maximum Gasteiger partial charge on any atom is 0.305 e. The van der Waals surface area contributed by atoms with Gasteiger partial charge in [0.05, 0.1) is 6.42 Å². The molecule has 0 spiro atoms. The minimum atomic E-state index is -0.861. The van der Waals surface area contributed by atoms with E-state index in [0.717, 1.165) is 6.42 Å². The number of carboxylic acids is 1. The first-order valence-electron chi connectivity index (χ1n) is 8.43. The Labute approximate surface area is 138 Å². The second kappa shape index (κ2) is 7.16. The molecule has 2 atom stereocenters. The summed E-state index contributed by atoms with van der Waals surface area (Å²) in [5.74, 6) is 0.0401. The molecule has 126 valence electrons. The predicted molar refractivity (Wildman–Crippen MR) is 90.5 cm³/mol. The lowest BCUT2D eigenvalue weighted by atomic mass is 10.00. The maximum atomic E-state index is 12.7.